The first-order chi connectivity index (χ1) is 10.4. The van der Waals surface area contributed by atoms with Gasteiger partial charge in [-0.1, -0.05) is 32.0 Å². The van der Waals surface area contributed by atoms with Crippen LogP contribution in [0.1, 0.15) is 13.8 Å². The van der Waals surface area contributed by atoms with Crippen molar-refractivity contribution in [3.63, 3.8) is 0 Å². The molecule has 0 aliphatic heterocycles. The second-order valence-electron chi connectivity index (χ2n) is 5.14. The van der Waals surface area contributed by atoms with Crippen molar-refractivity contribution in [1.29, 1.82) is 0 Å². The zero-order valence-electron chi connectivity index (χ0n) is 12.4. The minimum Gasteiger partial charge on any atom is -0.326 e. The van der Waals surface area contributed by atoms with Gasteiger partial charge in [0.05, 0.1) is 4.90 Å². The normalized spacial score (nSPS) is 11.2. The number of carbonyl (C=O) groups excluding carboxylic acids is 1. The summed E-state index contributed by atoms with van der Waals surface area (Å²) < 4.78 is 26.8. The maximum absolute atomic E-state index is 12.2. The number of amides is 1. The van der Waals surface area contributed by atoms with E-state index in [4.69, 9.17) is 0 Å². The second-order valence-corrected chi connectivity index (χ2v) is 6.82. The molecule has 0 aliphatic carbocycles. The molecular formula is C16H18N2O3S. The minimum atomic E-state index is -3.60. The summed E-state index contributed by atoms with van der Waals surface area (Å²) in [6, 6.07) is 14.7. The Hall–Kier alpha value is -2.34. The van der Waals surface area contributed by atoms with Crippen LogP contribution in [0.25, 0.3) is 0 Å². The van der Waals surface area contributed by atoms with Crippen LogP contribution in [0.5, 0.6) is 0 Å². The number of rotatable bonds is 5. The summed E-state index contributed by atoms with van der Waals surface area (Å²) in [5, 5.41) is 2.75. The lowest BCUT2D eigenvalue weighted by Gasteiger charge is -2.10. The van der Waals surface area contributed by atoms with Crippen LogP contribution in [0.3, 0.4) is 0 Å². The fraction of sp³-hybridized carbons (Fsp3) is 0.188. The summed E-state index contributed by atoms with van der Waals surface area (Å²) in [5.41, 5.74) is 1.06. The van der Waals surface area contributed by atoms with Crippen LogP contribution in [0.2, 0.25) is 0 Å². The molecule has 0 radical (unpaired) electrons. The number of hydrogen-bond donors (Lipinski definition) is 2. The lowest BCUT2D eigenvalue weighted by atomic mass is 10.2. The molecule has 0 aromatic heterocycles. The van der Waals surface area contributed by atoms with Crippen LogP contribution in [-0.4, -0.2) is 14.3 Å². The lowest BCUT2D eigenvalue weighted by molar-refractivity contribution is -0.118. The first-order valence-electron chi connectivity index (χ1n) is 6.87. The van der Waals surface area contributed by atoms with E-state index in [1.54, 1.807) is 56.3 Å². The molecule has 2 aromatic carbocycles. The molecule has 0 saturated heterocycles. The van der Waals surface area contributed by atoms with Gasteiger partial charge in [-0.3, -0.25) is 9.52 Å². The van der Waals surface area contributed by atoms with Crippen molar-refractivity contribution < 1.29 is 13.2 Å². The second kappa shape index (κ2) is 6.62. The van der Waals surface area contributed by atoms with Crippen LogP contribution in [0, 0.1) is 5.92 Å². The molecule has 0 fully saturated rings. The molecule has 0 aliphatic rings. The molecule has 22 heavy (non-hydrogen) atoms. The first kappa shape index (κ1) is 16.0. The highest BCUT2D eigenvalue weighted by molar-refractivity contribution is 7.92. The third kappa shape index (κ3) is 4.08. The number of hydrogen-bond acceptors (Lipinski definition) is 3. The molecule has 2 N–H and O–H groups in total. The van der Waals surface area contributed by atoms with Crippen molar-refractivity contribution in [2.75, 3.05) is 10.0 Å². The Morgan fingerprint density at radius 1 is 0.909 bits per heavy atom. The van der Waals surface area contributed by atoms with Gasteiger partial charge in [-0.2, -0.15) is 0 Å². The van der Waals surface area contributed by atoms with Gasteiger partial charge in [-0.15, -0.1) is 0 Å². The third-order valence-corrected chi connectivity index (χ3v) is 4.38. The molecule has 0 atom stereocenters. The van der Waals surface area contributed by atoms with E-state index in [0.29, 0.717) is 11.4 Å². The van der Waals surface area contributed by atoms with Gasteiger partial charge in [-0.05, 0) is 36.4 Å². The lowest BCUT2D eigenvalue weighted by Crippen LogP contribution is -2.17. The van der Waals surface area contributed by atoms with Crippen molar-refractivity contribution in [2.45, 2.75) is 18.7 Å². The van der Waals surface area contributed by atoms with Crippen molar-refractivity contribution in [3.05, 3.63) is 54.6 Å². The van der Waals surface area contributed by atoms with E-state index in [1.807, 2.05) is 0 Å². The van der Waals surface area contributed by atoms with Gasteiger partial charge in [0, 0.05) is 17.3 Å². The summed E-state index contributed by atoms with van der Waals surface area (Å²) in [4.78, 5) is 11.8. The van der Waals surface area contributed by atoms with Crippen LogP contribution >= 0.6 is 0 Å². The van der Waals surface area contributed by atoms with Gasteiger partial charge in [-0.25, -0.2) is 8.42 Å². The van der Waals surface area contributed by atoms with Crippen LogP contribution in [-0.2, 0) is 14.8 Å². The number of benzene rings is 2. The van der Waals surface area contributed by atoms with E-state index < -0.39 is 10.0 Å². The molecule has 0 saturated carbocycles. The highest BCUT2D eigenvalue weighted by Gasteiger charge is 2.13. The van der Waals surface area contributed by atoms with Crippen LogP contribution < -0.4 is 10.0 Å². The Morgan fingerprint density at radius 3 is 2.00 bits per heavy atom. The molecular weight excluding hydrogens is 300 g/mol. The number of sulfonamides is 1. The first-order valence-corrected chi connectivity index (χ1v) is 8.35. The summed E-state index contributed by atoms with van der Waals surface area (Å²) in [6.45, 7) is 3.61. The van der Waals surface area contributed by atoms with Gasteiger partial charge in [0.15, 0.2) is 0 Å². The van der Waals surface area contributed by atoms with Gasteiger partial charge in [0.2, 0.25) is 5.91 Å². The van der Waals surface area contributed by atoms with Gasteiger partial charge < -0.3 is 5.32 Å². The average Bonchev–Trinajstić information content (AvgIpc) is 2.50. The summed E-state index contributed by atoms with van der Waals surface area (Å²) in [7, 11) is -3.60. The monoisotopic (exact) mass is 318 g/mol. The zero-order valence-corrected chi connectivity index (χ0v) is 13.2. The predicted molar refractivity (Wildman–Crippen MR) is 87.2 cm³/mol. The topological polar surface area (TPSA) is 75.3 Å². The Balaban J connectivity index is 2.10. The third-order valence-electron chi connectivity index (χ3n) is 2.98. The predicted octanol–water partition coefficient (Wildman–Crippen LogP) is 3.08. The fourth-order valence-corrected chi connectivity index (χ4v) is 2.80. The van der Waals surface area contributed by atoms with Crippen LogP contribution in [0.4, 0.5) is 11.4 Å². The van der Waals surface area contributed by atoms with E-state index in [9.17, 15) is 13.2 Å². The van der Waals surface area contributed by atoms with Gasteiger partial charge >= 0.3 is 0 Å². The number of nitrogens with one attached hydrogen (secondary N) is 2. The van der Waals surface area contributed by atoms with Crippen molar-refractivity contribution >= 4 is 27.3 Å². The van der Waals surface area contributed by atoms with Crippen molar-refractivity contribution in [2.24, 2.45) is 5.92 Å². The Kier molecular flexibility index (Phi) is 4.82. The summed E-state index contributed by atoms with van der Waals surface area (Å²) in [6.07, 6.45) is 0. The summed E-state index contributed by atoms with van der Waals surface area (Å²) >= 11 is 0. The maximum Gasteiger partial charge on any atom is 0.261 e. The van der Waals surface area contributed by atoms with E-state index in [1.165, 1.54) is 12.1 Å². The van der Waals surface area contributed by atoms with Crippen LogP contribution in [0.15, 0.2) is 59.5 Å². The molecule has 0 unspecified atom stereocenters. The summed E-state index contributed by atoms with van der Waals surface area (Å²) in [5.74, 6) is -0.200. The number of carbonyl (C=O) groups is 1. The molecule has 0 heterocycles. The molecule has 5 nitrogen and oxygen atoms in total. The van der Waals surface area contributed by atoms with E-state index >= 15 is 0 Å². The standard InChI is InChI=1S/C16H18N2O3S/c1-12(2)16(19)17-13-8-10-14(11-9-13)18-22(20,21)15-6-4-3-5-7-15/h3-12,18H,1-2H3,(H,17,19). The number of anilines is 2. The largest absolute Gasteiger partial charge is 0.326 e. The van der Waals surface area contributed by atoms with Gasteiger partial charge in [0.1, 0.15) is 0 Å². The Labute approximate surface area is 130 Å². The Bertz CT molecular complexity index is 739. The molecule has 0 spiro atoms. The molecule has 116 valence electrons. The van der Waals surface area contributed by atoms with E-state index in [0.717, 1.165) is 0 Å². The van der Waals surface area contributed by atoms with Crippen molar-refractivity contribution in [1.82, 2.24) is 0 Å². The minimum absolute atomic E-state index is 0.0855. The van der Waals surface area contributed by atoms with Crippen molar-refractivity contribution in [3.8, 4) is 0 Å². The quantitative estimate of drug-likeness (QED) is 0.889. The maximum atomic E-state index is 12.2. The highest BCUT2D eigenvalue weighted by atomic mass is 32.2. The highest BCUT2D eigenvalue weighted by Crippen LogP contribution is 2.18. The van der Waals surface area contributed by atoms with E-state index in [2.05, 4.69) is 10.0 Å². The molecule has 2 aromatic rings. The van der Waals surface area contributed by atoms with Gasteiger partial charge in [0.25, 0.3) is 10.0 Å². The smallest absolute Gasteiger partial charge is 0.261 e. The molecule has 0 bridgehead atoms. The molecule has 1 amide bonds. The zero-order chi connectivity index (χ0) is 16.2. The molecule has 6 heteroatoms. The Morgan fingerprint density at radius 2 is 1.45 bits per heavy atom. The molecule has 2 rings (SSSR count). The SMILES string of the molecule is CC(C)C(=O)Nc1ccc(NS(=O)(=O)c2ccccc2)cc1. The average molecular weight is 318 g/mol. The fourth-order valence-electron chi connectivity index (χ4n) is 1.72. The van der Waals surface area contributed by atoms with E-state index in [-0.39, 0.29) is 16.7 Å².